The molecular weight excluding hydrogens is 166 g/mol. The number of hydrogen-bond acceptors (Lipinski definition) is 3. The smallest absolute Gasteiger partial charge is 0.293 e. The van der Waals surface area contributed by atoms with E-state index >= 15 is 0 Å². The summed E-state index contributed by atoms with van der Waals surface area (Å²) in [7, 11) is 0. The molecule has 1 rings (SSSR count). The molecule has 13 heavy (non-hydrogen) atoms. The lowest BCUT2D eigenvalue weighted by atomic mass is 10.2. The van der Waals surface area contributed by atoms with Gasteiger partial charge in [-0.25, -0.2) is 0 Å². The Morgan fingerprint density at radius 2 is 1.69 bits per heavy atom. The van der Waals surface area contributed by atoms with Crippen molar-refractivity contribution in [2.75, 3.05) is 13.1 Å². The molecule has 1 N–H and O–H groups in total. The first-order valence-electron chi connectivity index (χ1n) is 5.07. The van der Waals surface area contributed by atoms with Crippen molar-refractivity contribution in [3.8, 4) is 0 Å². The van der Waals surface area contributed by atoms with Crippen molar-refractivity contribution in [2.45, 2.75) is 45.6 Å². The summed E-state index contributed by atoms with van der Waals surface area (Å²) < 4.78 is 4.36. The highest BCUT2D eigenvalue weighted by molar-refractivity contribution is 5.37. The van der Waals surface area contributed by atoms with E-state index in [1.165, 1.54) is 38.8 Å². The second-order valence-electron chi connectivity index (χ2n) is 3.45. The molecule has 0 atom stereocenters. The van der Waals surface area contributed by atoms with Gasteiger partial charge in [-0.2, -0.15) is 0 Å². The zero-order valence-corrected chi connectivity index (χ0v) is 8.71. The average molecular weight is 187 g/mol. The van der Waals surface area contributed by atoms with Crippen molar-refractivity contribution in [3.05, 3.63) is 0 Å². The number of ether oxygens (including phenoxy) is 1. The lowest BCUT2D eigenvalue weighted by Gasteiger charge is -1.96. The summed E-state index contributed by atoms with van der Waals surface area (Å²) in [6.07, 6.45) is 5.68. The van der Waals surface area contributed by atoms with Crippen LogP contribution in [0.3, 0.4) is 0 Å². The molecule has 1 saturated heterocycles. The van der Waals surface area contributed by atoms with Crippen molar-refractivity contribution in [2.24, 2.45) is 0 Å². The van der Waals surface area contributed by atoms with Crippen LogP contribution in [0, 0.1) is 0 Å². The van der Waals surface area contributed by atoms with Gasteiger partial charge in [0, 0.05) is 0 Å². The van der Waals surface area contributed by atoms with Crippen molar-refractivity contribution >= 4 is 6.47 Å². The van der Waals surface area contributed by atoms with Gasteiger partial charge in [0.25, 0.3) is 6.47 Å². The summed E-state index contributed by atoms with van der Waals surface area (Å²) in [6, 6.07) is 0. The molecule has 0 bridgehead atoms. The quantitative estimate of drug-likeness (QED) is 0.669. The van der Waals surface area contributed by atoms with Crippen LogP contribution >= 0.6 is 0 Å². The Balaban J connectivity index is 0.000000226. The summed E-state index contributed by atoms with van der Waals surface area (Å²) in [5.41, 5.74) is 0. The topological polar surface area (TPSA) is 38.3 Å². The predicted octanol–water partition coefficient (Wildman–Crippen LogP) is 1.72. The Kier molecular flexibility index (Phi) is 9.10. The molecule has 3 nitrogen and oxygen atoms in total. The molecule has 1 heterocycles. The van der Waals surface area contributed by atoms with Crippen LogP contribution in [0.25, 0.3) is 0 Å². The predicted molar refractivity (Wildman–Crippen MR) is 53.6 cm³/mol. The van der Waals surface area contributed by atoms with Crippen LogP contribution in [0.4, 0.5) is 0 Å². The molecule has 0 amide bonds. The van der Waals surface area contributed by atoms with Crippen LogP contribution in [0.1, 0.15) is 39.5 Å². The van der Waals surface area contributed by atoms with Crippen molar-refractivity contribution in [3.63, 3.8) is 0 Å². The largest absolute Gasteiger partial charge is 0.465 e. The maximum absolute atomic E-state index is 9.39. The van der Waals surface area contributed by atoms with E-state index in [2.05, 4.69) is 10.1 Å². The molecule has 78 valence electrons. The Hall–Kier alpha value is -0.570. The van der Waals surface area contributed by atoms with Gasteiger partial charge >= 0.3 is 0 Å². The summed E-state index contributed by atoms with van der Waals surface area (Å²) in [5.74, 6) is 0. The van der Waals surface area contributed by atoms with Crippen LogP contribution in [-0.2, 0) is 9.53 Å². The zero-order valence-electron chi connectivity index (χ0n) is 8.71. The maximum Gasteiger partial charge on any atom is 0.293 e. The fraction of sp³-hybridized carbons (Fsp3) is 0.900. The Morgan fingerprint density at radius 3 is 2.00 bits per heavy atom. The summed E-state index contributed by atoms with van der Waals surface area (Å²) in [6.45, 7) is 6.55. The third-order valence-corrected chi connectivity index (χ3v) is 1.78. The van der Waals surface area contributed by atoms with Gasteiger partial charge in [-0.05, 0) is 39.8 Å². The summed E-state index contributed by atoms with van der Waals surface area (Å²) in [5, 5.41) is 3.35. The maximum atomic E-state index is 9.39. The SMILES string of the molecule is C1CCCNCC1.CC(C)OC=O. The first kappa shape index (κ1) is 12.4. The van der Waals surface area contributed by atoms with E-state index in [1.807, 2.05) is 0 Å². The van der Waals surface area contributed by atoms with Crippen LogP contribution in [-0.4, -0.2) is 25.7 Å². The lowest BCUT2D eigenvalue weighted by molar-refractivity contribution is -0.131. The summed E-state index contributed by atoms with van der Waals surface area (Å²) in [4.78, 5) is 9.39. The van der Waals surface area contributed by atoms with E-state index in [9.17, 15) is 4.79 Å². The van der Waals surface area contributed by atoms with Crippen LogP contribution in [0.5, 0.6) is 0 Å². The molecule has 1 aliphatic heterocycles. The van der Waals surface area contributed by atoms with Gasteiger partial charge in [0.15, 0.2) is 0 Å². The fourth-order valence-electron chi connectivity index (χ4n) is 1.09. The number of carbonyl (C=O) groups is 1. The molecule has 0 radical (unpaired) electrons. The van der Waals surface area contributed by atoms with Gasteiger partial charge in [0.1, 0.15) is 0 Å². The second kappa shape index (κ2) is 9.52. The molecular formula is C10H21NO2. The standard InChI is InChI=1S/C6H13N.C4H8O2/c1-2-4-6-7-5-3-1;1-4(2)6-3-5/h7H,1-6H2;3-4H,1-2H3. The van der Waals surface area contributed by atoms with E-state index in [4.69, 9.17) is 0 Å². The minimum atomic E-state index is 0.0301. The highest BCUT2D eigenvalue weighted by Crippen LogP contribution is 2.00. The lowest BCUT2D eigenvalue weighted by Crippen LogP contribution is -2.12. The van der Waals surface area contributed by atoms with E-state index in [0.29, 0.717) is 6.47 Å². The molecule has 0 saturated carbocycles. The number of nitrogens with one attached hydrogen (secondary N) is 1. The van der Waals surface area contributed by atoms with Gasteiger partial charge in [0.05, 0.1) is 6.10 Å². The first-order chi connectivity index (χ1) is 6.27. The van der Waals surface area contributed by atoms with Gasteiger partial charge < -0.3 is 10.1 Å². The van der Waals surface area contributed by atoms with Crippen LogP contribution in [0.15, 0.2) is 0 Å². The molecule has 0 aromatic carbocycles. The molecule has 0 unspecified atom stereocenters. The Labute approximate surface area is 80.8 Å². The molecule has 0 aliphatic carbocycles. The third-order valence-electron chi connectivity index (χ3n) is 1.78. The van der Waals surface area contributed by atoms with E-state index < -0.39 is 0 Å². The van der Waals surface area contributed by atoms with Crippen LogP contribution in [0.2, 0.25) is 0 Å². The molecule has 1 fully saturated rings. The number of rotatable bonds is 2. The van der Waals surface area contributed by atoms with Crippen molar-refractivity contribution in [1.82, 2.24) is 5.32 Å². The van der Waals surface area contributed by atoms with Crippen molar-refractivity contribution < 1.29 is 9.53 Å². The Bertz CT molecular complexity index is 95.8. The number of hydrogen-bond donors (Lipinski definition) is 1. The van der Waals surface area contributed by atoms with E-state index in [0.717, 1.165) is 0 Å². The third kappa shape index (κ3) is 11.4. The molecule has 3 heteroatoms. The first-order valence-corrected chi connectivity index (χ1v) is 5.07. The molecule has 1 aliphatic rings. The monoisotopic (exact) mass is 187 g/mol. The van der Waals surface area contributed by atoms with Gasteiger partial charge in [-0.15, -0.1) is 0 Å². The minimum absolute atomic E-state index is 0.0301. The fourth-order valence-corrected chi connectivity index (χ4v) is 1.09. The second-order valence-corrected chi connectivity index (χ2v) is 3.45. The zero-order chi connectivity index (χ0) is 9.94. The van der Waals surface area contributed by atoms with Crippen LogP contribution < -0.4 is 5.32 Å². The van der Waals surface area contributed by atoms with E-state index in [1.54, 1.807) is 13.8 Å². The van der Waals surface area contributed by atoms with Gasteiger partial charge in [-0.3, -0.25) is 4.79 Å². The highest BCUT2D eigenvalue weighted by atomic mass is 16.5. The van der Waals surface area contributed by atoms with Gasteiger partial charge in [-0.1, -0.05) is 12.8 Å². The van der Waals surface area contributed by atoms with Crippen molar-refractivity contribution in [1.29, 1.82) is 0 Å². The average Bonchev–Trinajstić information content (AvgIpc) is 2.35. The normalized spacial score (nSPS) is 16.8. The molecule has 0 aromatic heterocycles. The Morgan fingerprint density at radius 1 is 1.15 bits per heavy atom. The molecule has 0 spiro atoms. The number of carbonyl (C=O) groups excluding carboxylic acids is 1. The highest BCUT2D eigenvalue weighted by Gasteiger charge is 1.94. The van der Waals surface area contributed by atoms with Gasteiger partial charge in [0.2, 0.25) is 0 Å². The summed E-state index contributed by atoms with van der Waals surface area (Å²) >= 11 is 0. The minimum Gasteiger partial charge on any atom is -0.465 e. The molecule has 0 aromatic rings. The van der Waals surface area contributed by atoms with E-state index in [-0.39, 0.29) is 6.10 Å².